The number of halogens is 2. The average Bonchev–Trinajstić information content (AvgIpc) is 2.78. The fraction of sp³-hybridized carbons (Fsp3) is 0.182. The Labute approximate surface area is 107 Å². The molecular formula is C11H12BrFN4. The molecule has 0 saturated heterocycles. The second-order valence-electron chi connectivity index (χ2n) is 3.55. The summed E-state index contributed by atoms with van der Waals surface area (Å²) in [4.78, 5) is 0. The Kier molecular flexibility index (Phi) is 3.63. The van der Waals surface area contributed by atoms with Gasteiger partial charge in [-0.15, -0.1) is 0 Å². The molecular weight excluding hydrogens is 287 g/mol. The molecule has 4 nitrogen and oxygen atoms in total. The van der Waals surface area contributed by atoms with Gasteiger partial charge in [0.2, 0.25) is 0 Å². The molecule has 0 saturated carbocycles. The molecule has 0 aliphatic rings. The normalized spacial score (nSPS) is 10.5. The van der Waals surface area contributed by atoms with Gasteiger partial charge in [0.25, 0.3) is 0 Å². The average molecular weight is 299 g/mol. The fourth-order valence-electron chi connectivity index (χ4n) is 1.45. The van der Waals surface area contributed by atoms with Gasteiger partial charge in [-0.2, -0.15) is 5.10 Å². The van der Waals surface area contributed by atoms with Crippen LogP contribution in [-0.4, -0.2) is 16.3 Å². The van der Waals surface area contributed by atoms with Crippen LogP contribution in [0.1, 0.15) is 0 Å². The third kappa shape index (κ3) is 2.97. The first-order valence-electron chi connectivity index (χ1n) is 5.12. The molecule has 0 aliphatic carbocycles. The van der Waals surface area contributed by atoms with Crippen molar-refractivity contribution in [3.05, 3.63) is 40.9 Å². The Hall–Kier alpha value is -1.56. The Balaban J connectivity index is 1.97. The quantitative estimate of drug-likeness (QED) is 0.853. The van der Waals surface area contributed by atoms with Crippen molar-refractivity contribution in [3.63, 3.8) is 0 Å². The minimum atomic E-state index is -0.333. The molecule has 3 N–H and O–H groups in total. The molecule has 0 bridgehead atoms. The molecule has 0 spiro atoms. The minimum Gasteiger partial charge on any atom is -0.397 e. The maximum atomic E-state index is 13.3. The van der Waals surface area contributed by atoms with Crippen LogP contribution in [0.4, 0.5) is 15.8 Å². The van der Waals surface area contributed by atoms with Gasteiger partial charge in [0.05, 0.1) is 22.4 Å². The van der Waals surface area contributed by atoms with Gasteiger partial charge in [-0.05, 0) is 28.1 Å². The standard InChI is InChI=1S/C11H12BrFN4/c12-8-6-10(14)11(7-9(8)13)15-3-5-17-4-1-2-16-17/h1-2,4,6-7,15H,3,5,14H2. The first-order chi connectivity index (χ1) is 8.16. The molecule has 0 amide bonds. The highest BCUT2D eigenvalue weighted by Crippen LogP contribution is 2.26. The van der Waals surface area contributed by atoms with Crippen LogP contribution >= 0.6 is 15.9 Å². The van der Waals surface area contributed by atoms with Crippen LogP contribution in [0, 0.1) is 5.82 Å². The van der Waals surface area contributed by atoms with Crippen molar-refractivity contribution in [1.82, 2.24) is 9.78 Å². The minimum absolute atomic E-state index is 0.333. The lowest BCUT2D eigenvalue weighted by atomic mass is 10.2. The monoisotopic (exact) mass is 298 g/mol. The first-order valence-corrected chi connectivity index (χ1v) is 5.92. The van der Waals surface area contributed by atoms with Gasteiger partial charge in [-0.25, -0.2) is 4.39 Å². The SMILES string of the molecule is Nc1cc(Br)c(F)cc1NCCn1cccn1. The van der Waals surface area contributed by atoms with Gasteiger partial charge in [0.15, 0.2) is 0 Å². The van der Waals surface area contributed by atoms with E-state index in [0.717, 1.165) is 0 Å². The summed E-state index contributed by atoms with van der Waals surface area (Å²) in [6, 6.07) is 4.78. The van der Waals surface area contributed by atoms with Crippen molar-refractivity contribution < 1.29 is 4.39 Å². The molecule has 1 heterocycles. The molecule has 90 valence electrons. The molecule has 1 aromatic heterocycles. The molecule has 17 heavy (non-hydrogen) atoms. The number of rotatable bonds is 4. The number of nitrogens with two attached hydrogens (primary N) is 1. The molecule has 1 aromatic carbocycles. The lowest BCUT2D eigenvalue weighted by molar-refractivity contribution is 0.620. The van der Waals surface area contributed by atoms with Gasteiger partial charge in [-0.3, -0.25) is 4.68 Å². The van der Waals surface area contributed by atoms with E-state index in [4.69, 9.17) is 5.73 Å². The highest BCUT2D eigenvalue weighted by Gasteiger charge is 2.05. The van der Waals surface area contributed by atoms with Gasteiger partial charge >= 0.3 is 0 Å². The maximum Gasteiger partial charge on any atom is 0.139 e. The van der Waals surface area contributed by atoms with Crippen LogP contribution in [-0.2, 0) is 6.54 Å². The molecule has 0 unspecified atom stereocenters. The van der Waals surface area contributed by atoms with Gasteiger partial charge in [-0.1, -0.05) is 0 Å². The summed E-state index contributed by atoms with van der Waals surface area (Å²) in [5.41, 5.74) is 6.88. The Morgan fingerprint density at radius 2 is 2.29 bits per heavy atom. The summed E-state index contributed by atoms with van der Waals surface area (Å²) in [7, 11) is 0. The van der Waals surface area contributed by atoms with Crippen LogP contribution in [0.2, 0.25) is 0 Å². The van der Waals surface area contributed by atoms with Crippen molar-refractivity contribution in [3.8, 4) is 0 Å². The zero-order valence-corrected chi connectivity index (χ0v) is 10.6. The summed E-state index contributed by atoms with van der Waals surface area (Å²) >= 11 is 3.08. The molecule has 0 atom stereocenters. The van der Waals surface area contributed by atoms with Crippen LogP contribution < -0.4 is 11.1 Å². The molecule has 2 rings (SSSR count). The summed E-state index contributed by atoms with van der Waals surface area (Å²) < 4.78 is 15.5. The van der Waals surface area contributed by atoms with Crippen LogP contribution in [0.15, 0.2) is 35.1 Å². The zero-order valence-electron chi connectivity index (χ0n) is 9.03. The highest BCUT2D eigenvalue weighted by atomic mass is 79.9. The summed E-state index contributed by atoms with van der Waals surface area (Å²) in [5.74, 6) is -0.333. The van der Waals surface area contributed by atoms with Gasteiger partial charge < -0.3 is 11.1 Å². The largest absolute Gasteiger partial charge is 0.397 e. The Morgan fingerprint density at radius 1 is 1.47 bits per heavy atom. The second-order valence-corrected chi connectivity index (χ2v) is 4.40. The van der Waals surface area contributed by atoms with Crippen molar-refractivity contribution in [1.29, 1.82) is 0 Å². The summed E-state index contributed by atoms with van der Waals surface area (Å²) in [6.07, 6.45) is 3.58. The smallest absolute Gasteiger partial charge is 0.139 e. The van der Waals surface area contributed by atoms with E-state index in [0.29, 0.717) is 28.9 Å². The molecule has 0 aliphatic heterocycles. The van der Waals surface area contributed by atoms with E-state index in [1.807, 2.05) is 12.3 Å². The number of anilines is 2. The van der Waals surface area contributed by atoms with E-state index in [1.54, 1.807) is 16.9 Å². The molecule has 0 fully saturated rings. The highest BCUT2D eigenvalue weighted by molar-refractivity contribution is 9.10. The number of hydrogen-bond acceptors (Lipinski definition) is 3. The summed E-state index contributed by atoms with van der Waals surface area (Å²) in [6.45, 7) is 1.33. The van der Waals surface area contributed by atoms with Crippen LogP contribution in [0.5, 0.6) is 0 Å². The number of aromatic nitrogens is 2. The van der Waals surface area contributed by atoms with Crippen LogP contribution in [0.3, 0.4) is 0 Å². The van der Waals surface area contributed by atoms with Crippen molar-refractivity contribution in [2.24, 2.45) is 0 Å². The number of hydrogen-bond donors (Lipinski definition) is 2. The maximum absolute atomic E-state index is 13.3. The number of nitrogens with zero attached hydrogens (tertiary/aromatic N) is 2. The van der Waals surface area contributed by atoms with E-state index < -0.39 is 0 Å². The molecule has 6 heteroatoms. The van der Waals surface area contributed by atoms with Gasteiger partial charge in [0, 0.05) is 25.0 Å². The molecule has 2 aromatic rings. The Morgan fingerprint density at radius 3 is 3.00 bits per heavy atom. The second kappa shape index (κ2) is 5.18. The van der Waals surface area contributed by atoms with E-state index in [9.17, 15) is 4.39 Å². The van der Waals surface area contributed by atoms with E-state index >= 15 is 0 Å². The van der Waals surface area contributed by atoms with E-state index in [-0.39, 0.29) is 5.82 Å². The number of nitrogens with one attached hydrogen (secondary N) is 1. The van der Waals surface area contributed by atoms with Crippen LogP contribution in [0.25, 0.3) is 0 Å². The Bertz CT molecular complexity index is 498. The summed E-state index contributed by atoms with van der Waals surface area (Å²) in [5, 5.41) is 7.14. The third-order valence-corrected chi connectivity index (χ3v) is 2.92. The zero-order chi connectivity index (χ0) is 12.3. The first kappa shape index (κ1) is 11.9. The number of nitrogen functional groups attached to an aromatic ring is 1. The number of benzene rings is 1. The molecule has 0 radical (unpaired) electrons. The van der Waals surface area contributed by atoms with Crippen molar-refractivity contribution in [2.45, 2.75) is 6.54 Å². The van der Waals surface area contributed by atoms with E-state index in [2.05, 4.69) is 26.3 Å². The van der Waals surface area contributed by atoms with Gasteiger partial charge in [0.1, 0.15) is 5.82 Å². The predicted octanol–water partition coefficient (Wildman–Crippen LogP) is 2.48. The van der Waals surface area contributed by atoms with Crippen molar-refractivity contribution >= 4 is 27.3 Å². The lowest BCUT2D eigenvalue weighted by Crippen LogP contribution is -2.12. The lowest BCUT2D eigenvalue weighted by Gasteiger charge is -2.10. The third-order valence-electron chi connectivity index (χ3n) is 2.31. The fourth-order valence-corrected chi connectivity index (χ4v) is 1.81. The predicted molar refractivity (Wildman–Crippen MR) is 69.2 cm³/mol. The van der Waals surface area contributed by atoms with Crippen molar-refractivity contribution in [2.75, 3.05) is 17.6 Å². The topological polar surface area (TPSA) is 55.9 Å². The van der Waals surface area contributed by atoms with E-state index in [1.165, 1.54) is 6.07 Å².